The number of hydrogen-bond donors (Lipinski definition) is 0. The van der Waals surface area contributed by atoms with E-state index in [2.05, 4.69) is 302 Å². The Morgan fingerprint density at radius 2 is 0.303 bits per heavy atom. The highest BCUT2D eigenvalue weighted by Gasteiger charge is 2.33. The fourth-order valence-corrected chi connectivity index (χ4v) is 12.5. The third-order valence-corrected chi connectivity index (χ3v) is 16.1. The summed E-state index contributed by atoms with van der Waals surface area (Å²) in [5.41, 5.74) is 22.2. The lowest BCUT2D eigenvalue weighted by molar-refractivity contribution is 0.559. The van der Waals surface area contributed by atoms with E-state index in [9.17, 15) is 0 Å². The molecule has 0 bridgehead atoms. The van der Waals surface area contributed by atoms with Gasteiger partial charge in [-0.15, -0.1) is 0 Å². The van der Waals surface area contributed by atoms with Crippen molar-refractivity contribution < 1.29 is 0 Å². The quantitative estimate of drug-likeness (QED) is 0.114. The van der Waals surface area contributed by atoms with Crippen LogP contribution in [0.2, 0.25) is 0 Å². The van der Waals surface area contributed by atoms with E-state index < -0.39 is 0 Å². The van der Waals surface area contributed by atoms with Crippen LogP contribution in [-0.4, -0.2) is 37.4 Å². The number of benzene rings is 4. The van der Waals surface area contributed by atoms with Crippen molar-refractivity contribution in [1.29, 1.82) is 0 Å². The van der Waals surface area contributed by atoms with Crippen molar-refractivity contribution in [3.05, 3.63) is 225 Å². The van der Waals surface area contributed by atoms with Crippen LogP contribution in [0.15, 0.2) is 133 Å². The summed E-state index contributed by atoms with van der Waals surface area (Å²) in [5.74, 6) is 0. The van der Waals surface area contributed by atoms with Gasteiger partial charge in [0, 0.05) is 123 Å². The molecule has 0 saturated heterocycles. The second-order valence-corrected chi connectivity index (χ2v) is 21.5. The van der Waals surface area contributed by atoms with Crippen LogP contribution in [0.4, 0.5) is 22.7 Å². The van der Waals surface area contributed by atoms with Gasteiger partial charge in [-0.25, -0.2) is 37.4 Å². The summed E-state index contributed by atoms with van der Waals surface area (Å²) in [6.07, 6.45) is 0. The molecule has 8 aromatic heterocycles. The molecule has 0 spiro atoms. The molecular weight excluding hydrogens is 937 g/mol. The van der Waals surface area contributed by atoms with Crippen LogP contribution >= 0.6 is 0 Å². The molecule has 0 fully saturated rings. The molecule has 0 unspecified atom stereocenters. The summed E-state index contributed by atoms with van der Waals surface area (Å²) in [7, 11) is 0. The van der Waals surface area contributed by atoms with Gasteiger partial charge in [-0.2, -0.15) is 20.5 Å². The molecule has 12 nitrogen and oxygen atoms in total. The summed E-state index contributed by atoms with van der Waals surface area (Å²) in [6, 6.07) is 50.1. The molecule has 12 aromatic rings. The van der Waals surface area contributed by atoms with E-state index >= 15 is 0 Å². The molecule has 8 heterocycles. The molecule has 12 rings (SSSR count). The molecule has 0 radical (unpaired) electrons. The molecule has 0 aliphatic rings. The third kappa shape index (κ3) is 6.95. The van der Waals surface area contributed by atoms with E-state index in [-0.39, 0.29) is 0 Å². The maximum absolute atomic E-state index is 2.44. The predicted octanol–water partition coefficient (Wildman–Crippen LogP) is 14.9. The number of nitrogens with zero attached hydrogens (tertiary/aromatic N) is 12. The van der Waals surface area contributed by atoms with Gasteiger partial charge in [-0.3, -0.25) is 0 Å². The van der Waals surface area contributed by atoms with E-state index in [1.807, 2.05) is 0 Å². The van der Waals surface area contributed by atoms with Gasteiger partial charge in [0.2, 0.25) is 0 Å². The Hall–Kier alpha value is -8.64. The molecule has 0 aliphatic heterocycles. The lowest BCUT2D eigenvalue weighted by Crippen LogP contribution is -2.40. The molecule has 12 heteroatoms. The van der Waals surface area contributed by atoms with Crippen molar-refractivity contribution in [3.63, 3.8) is 0 Å². The summed E-state index contributed by atoms with van der Waals surface area (Å²) in [4.78, 5) is 0. The zero-order valence-electron chi connectivity index (χ0n) is 47.1. The maximum atomic E-state index is 2.44. The van der Waals surface area contributed by atoms with Crippen molar-refractivity contribution in [2.75, 3.05) is 20.5 Å². The molecule has 76 heavy (non-hydrogen) atoms. The van der Waals surface area contributed by atoms with Crippen molar-refractivity contribution in [1.82, 2.24) is 37.4 Å². The Labute approximate surface area is 446 Å². The minimum atomic E-state index is 1.04. The van der Waals surface area contributed by atoms with Gasteiger partial charge in [0.25, 0.3) is 0 Å². The number of hydrogen-bond acceptors (Lipinski definition) is 4. The molecule has 0 N–H and O–H groups in total. The van der Waals surface area contributed by atoms with Gasteiger partial charge < -0.3 is 0 Å². The zero-order valence-corrected chi connectivity index (χ0v) is 47.1. The fraction of sp³-hybridized carbons (Fsp3) is 0.250. The predicted molar refractivity (Wildman–Crippen MR) is 314 cm³/mol. The average molecular weight is 1010 g/mol. The Kier molecular flexibility index (Phi) is 11.1. The molecule has 0 amide bonds. The molecule has 0 aliphatic carbocycles. The summed E-state index contributed by atoms with van der Waals surface area (Å²) in [5, 5.41) is 16.5. The van der Waals surface area contributed by atoms with Gasteiger partial charge in [0.15, 0.2) is 0 Å². The largest absolute Gasteiger partial charge is 0.243 e. The first-order chi connectivity index (χ1) is 36.4. The number of anilines is 4. The summed E-state index contributed by atoms with van der Waals surface area (Å²) in [6.45, 7) is 35.4. The Bertz CT molecular complexity index is 3360. The van der Waals surface area contributed by atoms with Gasteiger partial charge in [0.05, 0.1) is 22.7 Å². The first-order valence-electron chi connectivity index (χ1n) is 26.6. The highest BCUT2D eigenvalue weighted by atomic mass is 15.8. The van der Waals surface area contributed by atoms with Crippen LogP contribution in [0, 0.1) is 111 Å². The standard InChI is InChI=1S/C64H70N12/c1-39-17-18-40(2)65(39)73(66-41(3)19-20-42(66)4)59-37-60(74(67-43(5)21-22-44(67)6)68-45(7)23-24-46(68)8)56-35-36-58-62(76(71-51(13)29-30-52(71)14)72-53(15)31-32-54(72)16)38-61(57-34-33-55(59)63(56)64(57)58)75(69-47(9)25-26-48(69)10)70-49(11)27-28-50(70)12/h17-38H,1-16H3. The van der Waals surface area contributed by atoms with Gasteiger partial charge >= 0.3 is 0 Å². The van der Waals surface area contributed by atoms with Gasteiger partial charge in [0.1, 0.15) is 0 Å². The maximum Gasteiger partial charge on any atom is 0.0925 e. The second kappa shape index (κ2) is 17.5. The fourth-order valence-electron chi connectivity index (χ4n) is 12.5. The van der Waals surface area contributed by atoms with Gasteiger partial charge in [-0.1, -0.05) is 24.3 Å². The van der Waals surface area contributed by atoms with Crippen LogP contribution in [0.1, 0.15) is 91.1 Å². The Morgan fingerprint density at radius 3 is 0.421 bits per heavy atom. The summed E-state index contributed by atoms with van der Waals surface area (Å²) < 4.78 is 19.0. The Balaban J connectivity index is 1.35. The van der Waals surface area contributed by atoms with E-state index in [0.29, 0.717) is 0 Å². The number of rotatable bonds is 12. The highest BCUT2D eigenvalue weighted by molar-refractivity contribution is 6.31. The van der Waals surface area contributed by atoms with Crippen LogP contribution in [-0.2, 0) is 0 Å². The normalized spacial score (nSPS) is 11.9. The monoisotopic (exact) mass is 1010 g/mol. The molecule has 0 saturated carbocycles. The Morgan fingerprint density at radius 1 is 0.184 bits per heavy atom. The molecule has 0 atom stereocenters. The zero-order chi connectivity index (χ0) is 53.5. The minimum Gasteiger partial charge on any atom is -0.243 e. The third-order valence-electron chi connectivity index (χ3n) is 16.1. The van der Waals surface area contributed by atoms with E-state index in [1.54, 1.807) is 0 Å². The van der Waals surface area contributed by atoms with Crippen molar-refractivity contribution >= 4 is 55.1 Å². The van der Waals surface area contributed by atoms with E-state index in [4.69, 9.17) is 0 Å². The topological polar surface area (TPSA) is 52.4 Å². The molecule has 386 valence electrons. The molecular formula is C64H70N12. The van der Waals surface area contributed by atoms with Crippen molar-refractivity contribution in [2.24, 2.45) is 0 Å². The van der Waals surface area contributed by atoms with Gasteiger partial charge in [-0.05, 0) is 220 Å². The highest BCUT2D eigenvalue weighted by Crippen LogP contribution is 2.50. The first kappa shape index (κ1) is 48.3. The molecule has 4 aromatic carbocycles. The SMILES string of the molecule is Cc1ccc(C)n1N(c1cc(N(n2c(C)ccc2C)n2c(C)ccc2C)c2ccc3c(N(n4c(C)ccc4C)n4c(C)ccc4C)cc(N(n4c(C)ccc4C)n4c(C)ccc4C)c4ccc1c2c43)n1c(C)ccc1C. The van der Waals surface area contributed by atoms with Crippen LogP contribution in [0.5, 0.6) is 0 Å². The lowest BCUT2D eigenvalue weighted by atomic mass is 9.90. The van der Waals surface area contributed by atoms with E-state index in [1.165, 1.54) is 10.8 Å². The summed E-state index contributed by atoms with van der Waals surface area (Å²) >= 11 is 0. The van der Waals surface area contributed by atoms with Crippen molar-refractivity contribution in [2.45, 2.75) is 111 Å². The van der Waals surface area contributed by atoms with Crippen LogP contribution in [0.3, 0.4) is 0 Å². The minimum absolute atomic E-state index is 1.04. The van der Waals surface area contributed by atoms with Crippen molar-refractivity contribution in [3.8, 4) is 0 Å². The first-order valence-corrected chi connectivity index (χ1v) is 26.6. The second-order valence-electron chi connectivity index (χ2n) is 21.5. The van der Waals surface area contributed by atoms with Crippen LogP contribution < -0.4 is 20.5 Å². The number of aromatic nitrogens is 8. The van der Waals surface area contributed by atoms with Crippen LogP contribution in [0.25, 0.3) is 32.3 Å². The lowest BCUT2D eigenvalue weighted by Gasteiger charge is -2.38. The number of aryl methyl sites for hydroxylation is 16. The van der Waals surface area contributed by atoms with E-state index in [0.717, 1.165) is 135 Å². The average Bonchev–Trinajstić information content (AvgIpc) is 4.31. The smallest absolute Gasteiger partial charge is 0.0925 e.